The lowest BCUT2D eigenvalue weighted by atomic mass is 9.93. The van der Waals surface area contributed by atoms with Crippen molar-refractivity contribution < 1.29 is 23.8 Å². The average Bonchev–Trinajstić information content (AvgIpc) is 3.09. The lowest BCUT2D eigenvalue weighted by Gasteiger charge is -2.18. The van der Waals surface area contributed by atoms with Gasteiger partial charge in [0.15, 0.2) is 23.5 Å². The van der Waals surface area contributed by atoms with Crippen molar-refractivity contribution in [1.29, 1.82) is 0 Å². The van der Waals surface area contributed by atoms with E-state index in [1.54, 1.807) is 6.92 Å². The van der Waals surface area contributed by atoms with Gasteiger partial charge in [0.05, 0.1) is 19.0 Å². The van der Waals surface area contributed by atoms with E-state index < -0.39 is 26.7 Å². The first kappa shape index (κ1) is 18.1. The molecule has 0 radical (unpaired) electrons. The molecule has 0 bridgehead atoms. The Bertz CT molecular complexity index is 836. The van der Waals surface area contributed by atoms with Crippen LogP contribution in [0.2, 0.25) is 0 Å². The molecule has 1 fully saturated rings. The Morgan fingerprint density at radius 2 is 2.28 bits per heavy atom. The van der Waals surface area contributed by atoms with Gasteiger partial charge in [0.1, 0.15) is 5.82 Å². The topological polar surface area (TPSA) is 140 Å². The SMILES string of the molecule is CCCC1[C@@H](CO)O[C@@H](n2cnc3c(=O)[nH]c(C)nc32)[C@H]1O[P+](=O)O. The molecular weight excluding hydrogens is 351 g/mol. The molecule has 10 nitrogen and oxygen atoms in total. The number of aliphatic hydroxyl groups is 1. The zero-order valence-electron chi connectivity index (χ0n) is 13.8. The number of imidazole rings is 1. The lowest BCUT2D eigenvalue weighted by molar-refractivity contribution is -0.0454. The number of rotatable bonds is 6. The van der Waals surface area contributed by atoms with Gasteiger partial charge < -0.3 is 14.8 Å². The third-order valence-electron chi connectivity index (χ3n) is 4.33. The fourth-order valence-corrected chi connectivity index (χ4v) is 3.79. The summed E-state index contributed by atoms with van der Waals surface area (Å²) >= 11 is 0. The molecule has 3 N–H and O–H groups in total. The fraction of sp³-hybridized carbons (Fsp3) is 0.643. The molecule has 3 rings (SSSR count). The maximum atomic E-state index is 12.0. The summed E-state index contributed by atoms with van der Waals surface area (Å²) < 4.78 is 23.9. The zero-order chi connectivity index (χ0) is 18.1. The molecule has 0 spiro atoms. The molecule has 0 aliphatic carbocycles. The van der Waals surface area contributed by atoms with Gasteiger partial charge in [0.25, 0.3) is 5.56 Å². The molecule has 25 heavy (non-hydrogen) atoms. The predicted molar refractivity (Wildman–Crippen MR) is 87.0 cm³/mol. The number of H-pyrrole nitrogens is 1. The van der Waals surface area contributed by atoms with Crippen molar-refractivity contribution in [2.45, 2.75) is 45.1 Å². The summed E-state index contributed by atoms with van der Waals surface area (Å²) in [5.41, 5.74) is 0.0523. The van der Waals surface area contributed by atoms with E-state index in [1.165, 1.54) is 10.9 Å². The highest BCUT2D eigenvalue weighted by molar-refractivity contribution is 7.32. The van der Waals surface area contributed by atoms with E-state index >= 15 is 0 Å². The van der Waals surface area contributed by atoms with Crippen LogP contribution in [-0.4, -0.2) is 48.3 Å². The van der Waals surface area contributed by atoms with Crippen molar-refractivity contribution in [3.05, 3.63) is 22.5 Å². The summed E-state index contributed by atoms with van der Waals surface area (Å²) in [6.07, 6.45) is 0.685. The minimum absolute atomic E-state index is 0.140. The van der Waals surface area contributed by atoms with Crippen LogP contribution in [0.5, 0.6) is 0 Å². The van der Waals surface area contributed by atoms with Gasteiger partial charge >= 0.3 is 8.25 Å². The summed E-state index contributed by atoms with van der Waals surface area (Å²) in [7, 11) is -2.86. The molecule has 0 amide bonds. The average molecular weight is 371 g/mol. The van der Waals surface area contributed by atoms with E-state index in [4.69, 9.17) is 9.26 Å². The molecule has 2 aromatic rings. The van der Waals surface area contributed by atoms with Crippen LogP contribution in [0.4, 0.5) is 0 Å². The number of nitrogens with zero attached hydrogens (tertiary/aromatic N) is 3. The van der Waals surface area contributed by atoms with Crippen LogP contribution in [0.1, 0.15) is 31.8 Å². The largest absolute Gasteiger partial charge is 0.695 e. The van der Waals surface area contributed by atoms with E-state index in [2.05, 4.69) is 15.0 Å². The van der Waals surface area contributed by atoms with Crippen LogP contribution in [0.15, 0.2) is 11.1 Å². The van der Waals surface area contributed by atoms with Crippen molar-refractivity contribution in [1.82, 2.24) is 19.5 Å². The number of hydrogen-bond acceptors (Lipinski definition) is 7. The third-order valence-corrected chi connectivity index (χ3v) is 4.76. The highest BCUT2D eigenvalue weighted by Crippen LogP contribution is 2.42. The number of fused-ring (bicyclic) bond motifs is 1. The summed E-state index contributed by atoms with van der Waals surface area (Å²) in [5, 5.41) is 9.62. The maximum Gasteiger partial charge on any atom is 0.695 e. The molecular formula is C14H20N4O6P+. The fourth-order valence-electron chi connectivity index (χ4n) is 3.32. The third kappa shape index (κ3) is 3.36. The van der Waals surface area contributed by atoms with Crippen LogP contribution >= 0.6 is 8.25 Å². The summed E-state index contributed by atoms with van der Waals surface area (Å²) in [6, 6.07) is 0. The first-order valence-corrected chi connectivity index (χ1v) is 9.12. The van der Waals surface area contributed by atoms with Gasteiger partial charge in [-0.15, -0.1) is 9.42 Å². The standard InChI is InChI=1S/C14H19N4O6P/c1-3-4-8-9(5-19)23-14(11(8)24-25(21)22)18-6-15-10-12(18)16-7(2)17-13(10)20/h6,8-9,11,14,19H,3-5H2,1-2H3,(H-,16,17,20,21,22)/p+1/t8?,9-,11+,14-/m1/s1. The second-order valence-corrected chi connectivity index (χ2v) is 6.67. The van der Waals surface area contributed by atoms with Crippen LogP contribution in [0.3, 0.4) is 0 Å². The van der Waals surface area contributed by atoms with Crippen LogP contribution in [0, 0.1) is 12.8 Å². The van der Waals surface area contributed by atoms with Gasteiger partial charge in [-0.05, 0) is 13.3 Å². The Balaban J connectivity index is 2.07. The second kappa shape index (κ2) is 7.27. The number of aromatic amines is 1. The highest BCUT2D eigenvalue weighted by atomic mass is 31.1. The van der Waals surface area contributed by atoms with Gasteiger partial charge in [-0.1, -0.05) is 13.3 Å². The van der Waals surface area contributed by atoms with Crippen LogP contribution in [0.25, 0.3) is 11.2 Å². The van der Waals surface area contributed by atoms with E-state index in [0.717, 1.165) is 6.42 Å². The first-order chi connectivity index (χ1) is 12.0. The maximum absolute atomic E-state index is 12.0. The Morgan fingerprint density at radius 3 is 2.92 bits per heavy atom. The van der Waals surface area contributed by atoms with Gasteiger partial charge in [-0.3, -0.25) is 9.36 Å². The van der Waals surface area contributed by atoms with Gasteiger partial charge in [-0.2, -0.15) is 0 Å². The number of aromatic nitrogens is 4. The summed E-state index contributed by atoms with van der Waals surface area (Å²) in [6.45, 7) is 3.36. The van der Waals surface area contributed by atoms with E-state index in [1.807, 2.05) is 6.92 Å². The smallest absolute Gasteiger partial charge is 0.394 e. The minimum atomic E-state index is -2.86. The van der Waals surface area contributed by atoms with Crippen molar-refractivity contribution in [2.75, 3.05) is 6.61 Å². The van der Waals surface area contributed by atoms with Crippen molar-refractivity contribution in [3.8, 4) is 0 Å². The number of aryl methyl sites for hydroxylation is 1. The molecule has 136 valence electrons. The van der Waals surface area contributed by atoms with Crippen LogP contribution in [-0.2, 0) is 13.8 Å². The number of hydrogen-bond donors (Lipinski definition) is 3. The molecule has 1 aliphatic rings. The lowest BCUT2D eigenvalue weighted by Crippen LogP contribution is -2.29. The second-order valence-electron chi connectivity index (χ2n) is 5.98. The molecule has 2 unspecified atom stereocenters. The predicted octanol–water partition coefficient (Wildman–Crippen LogP) is 0.769. The van der Waals surface area contributed by atoms with E-state index in [0.29, 0.717) is 17.9 Å². The number of ether oxygens (including phenoxy) is 1. The molecule has 0 aromatic carbocycles. The monoisotopic (exact) mass is 371 g/mol. The normalized spacial score (nSPS) is 27.1. The summed E-state index contributed by atoms with van der Waals surface area (Å²) in [5.74, 6) is 0.137. The molecule has 1 saturated heterocycles. The van der Waals surface area contributed by atoms with E-state index in [-0.39, 0.29) is 23.6 Å². The Labute approximate surface area is 143 Å². The first-order valence-electron chi connectivity index (χ1n) is 7.99. The van der Waals surface area contributed by atoms with Crippen molar-refractivity contribution in [2.24, 2.45) is 5.92 Å². The molecule has 0 saturated carbocycles. The molecule has 5 atom stereocenters. The van der Waals surface area contributed by atoms with Gasteiger partial charge in [0, 0.05) is 10.5 Å². The van der Waals surface area contributed by atoms with Crippen molar-refractivity contribution in [3.63, 3.8) is 0 Å². The quantitative estimate of drug-likeness (QED) is 0.633. The number of aliphatic hydroxyl groups excluding tert-OH is 1. The summed E-state index contributed by atoms with van der Waals surface area (Å²) in [4.78, 5) is 32.2. The molecule has 2 aromatic heterocycles. The number of nitrogens with one attached hydrogen (secondary N) is 1. The van der Waals surface area contributed by atoms with E-state index in [9.17, 15) is 19.4 Å². The van der Waals surface area contributed by atoms with Crippen LogP contribution < -0.4 is 5.56 Å². The highest BCUT2D eigenvalue weighted by Gasteiger charge is 2.50. The molecule has 3 heterocycles. The Hall–Kier alpha value is -1.71. The molecule has 11 heteroatoms. The van der Waals surface area contributed by atoms with Gasteiger partial charge in [0.2, 0.25) is 0 Å². The van der Waals surface area contributed by atoms with Gasteiger partial charge in [-0.25, -0.2) is 9.97 Å². The minimum Gasteiger partial charge on any atom is -0.394 e. The Kier molecular flexibility index (Phi) is 5.26. The zero-order valence-corrected chi connectivity index (χ0v) is 14.7. The van der Waals surface area contributed by atoms with Crippen molar-refractivity contribution >= 4 is 19.4 Å². The molecule has 1 aliphatic heterocycles. The Morgan fingerprint density at radius 1 is 1.52 bits per heavy atom.